The molecule has 0 aliphatic heterocycles. The number of Topliss-reactive ketones (excluding diaryl/α,β-unsaturated/α-hetero) is 1. The van der Waals surface area contributed by atoms with Gasteiger partial charge in [-0.15, -0.1) is 11.3 Å². The van der Waals surface area contributed by atoms with E-state index in [2.05, 4.69) is 0 Å². The Hall–Kier alpha value is -2.14. The maximum atomic E-state index is 12.6. The van der Waals surface area contributed by atoms with Crippen LogP contribution in [0.5, 0.6) is 5.75 Å². The van der Waals surface area contributed by atoms with Crippen LogP contribution in [-0.2, 0) is 11.2 Å². The fourth-order valence-electron chi connectivity index (χ4n) is 3.20. The lowest BCUT2D eigenvalue weighted by atomic mass is 9.76. The first-order chi connectivity index (χ1) is 11.8. The fraction of sp³-hybridized carbons (Fsp3) is 0.400. The summed E-state index contributed by atoms with van der Waals surface area (Å²) in [6.07, 6.45) is 1.72. The summed E-state index contributed by atoms with van der Waals surface area (Å²) in [6.45, 7) is 6.05. The molecule has 0 saturated heterocycles. The zero-order chi connectivity index (χ0) is 18.2. The highest BCUT2D eigenvalue weighted by Crippen LogP contribution is 2.42. The number of allylic oxidation sites excluding steroid dienone is 2. The topological polar surface area (TPSA) is 59.4 Å². The van der Waals surface area contributed by atoms with Gasteiger partial charge in [0, 0.05) is 23.3 Å². The van der Waals surface area contributed by atoms with Gasteiger partial charge in [0.05, 0.1) is 18.4 Å². The van der Waals surface area contributed by atoms with Crippen LogP contribution in [0, 0.1) is 5.41 Å². The van der Waals surface area contributed by atoms with Crippen LogP contribution in [0.4, 0.5) is 0 Å². The number of aliphatic hydroxyl groups is 1. The zero-order valence-electron chi connectivity index (χ0n) is 15.0. The number of rotatable bonds is 4. The summed E-state index contributed by atoms with van der Waals surface area (Å²) in [5.41, 5.74) is 1.84. The average molecular weight is 357 g/mol. The highest BCUT2D eigenvalue weighted by atomic mass is 32.1. The van der Waals surface area contributed by atoms with Crippen LogP contribution in [0.25, 0.3) is 16.1 Å². The third-order valence-corrected chi connectivity index (χ3v) is 5.69. The SMILES string of the molecule is CCc1sc(-c2ccc(OC)cc2)nc1C1=C(O)CC(C)(C)CC1=O. The van der Waals surface area contributed by atoms with E-state index in [0.29, 0.717) is 24.1 Å². The number of carbonyl (C=O) groups excluding carboxylic acids is 1. The van der Waals surface area contributed by atoms with Gasteiger partial charge in [-0.1, -0.05) is 20.8 Å². The first-order valence-electron chi connectivity index (χ1n) is 8.44. The molecule has 1 aromatic heterocycles. The minimum atomic E-state index is -0.203. The molecule has 1 aliphatic rings. The van der Waals surface area contributed by atoms with Gasteiger partial charge in [-0.2, -0.15) is 0 Å². The number of thiazole rings is 1. The highest BCUT2D eigenvalue weighted by molar-refractivity contribution is 7.15. The highest BCUT2D eigenvalue weighted by Gasteiger charge is 2.35. The Bertz CT molecular complexity index is 831. The minimum absolute atomic E-state index is 0.0185. The van der Waals surface area contributed by atoms with Crippen molar-refractivity contribution in [3.05, 3.63) is 40.6 Å². The van der Waals surface area contributed by atoms with Crippen LogP contribution in [0.3, 0.4) is 0 Å². The number of nitrogens with zero attached hydrogens (tertiary/aromatic N) is 1. The molecule has 4 nitrogen and oxygen atoms in total. The van der Waals surface area contributed by atoms with E-state index in [-0.39, 0.29) is 17.0 Å². The van der Waals surface area contributed by atoms with E-state index in [1.54, 1.807) is 18.4 Å². The molecule has 0 fully saturated rings. The van der Waals surface area contributed by atoms with Crippen molar-refractivity contribution in [1.82, 2.24) is 4.98 Å². The predicted octanol–water partition coefficient (Wildman–Crippen LogP) is 5.04. The number of carbonyl (C=O) groups is 1. The Balaban J connectivity index is 2.05. The molecule has 0 atom stereocenters. The number of benzene rings is 1. The summed E-state index contributed by atoms with van der Waals surface area (Å²) >= 11 is 1.57. The smallest absolute Gasteiger partial charge is 0.169 e. The Morgan fingerprint density at radius 2 is 1.92 bits per heavy atom. The Morgan fingerprint density at radius 3 is 2.48 bits per heavy atom. The Kier molecular flexibility index (Phi) is 4.69. The maximum Gasteiger partial charge on any atom is 0.169 e. The van der Waals surface area contributed by atoms with Gasteiger partial charge in [0.25, 0.3) is 0 Å². The van der Waals surface area contributed by atoms with Gasteiger partial charge in [-0.3, -0.25) is 4.79 Å². The number of hydrogen-bond donors (Lipinski definition) is 1. The molecule has 0 unspecified atom stereocenters. The van der Waals surface area contributed by atoms with Crippen LogP contribution in [-0.4, -0.2) is 23.0 Å². The molecule has 0 bridgehead atoms. The molecule has 1 heterocycles. The van der Waals surface area contributed by atoms with Crippen molar-refractivity contribution in [3.63, 3.8) is 0 Å². The largest absolute Gasteiger partial charge is 0.511 e. The van der Waals surface area contributed by atoms with Gasteiger partial charge in [0.1, 0.15) is 16.5 Å². The maximum absolute atomic E-state index is 12.6. The van der Waals surface area contributed by atoms with Crippen molar-refractivity contribution in [2.75, 3.05) is 7.11 Å². The van der Waals surface area contributed by atoms with E-state index in [4.69, 9.17) is 9.72 Å². The molecular weight excluding hydrogens is 334 g/mol. The zero-order valence-corrected chi connectivity index (χ0v) is 15.9. The lowest BCUT2D eigenvalue weighted by molar-refractivity contribution is -0.116. The van der Waals surface area contributed by atoms with Crippen LogP contribution in [0.15, 0.2) is 30.0 Å². The van der Waals surface area contributed by atoms with Crippen molar-refractivity contribution in [2.24, 2.45) is 5.41 Å². The molecule has 3 rings (SSSR count). The van der Waals surface area contributed by atoms with Gasteiger partial charge < -0.3 is 9.84 Å². The molecule has 0 spiro atoms. The number of aromatic nitrogens is 1. The summed E-state index contributed by atoms with van der Waals surface area (Å²) < 4.78 is 5.20. The first-order valence-corrected chi connectivity index (χ1v) is 9.26. The van der Waals surface area contributed by atoms with Crippen LogP contribution in [0.2, 0.25) is 0 Å². The second-order valence-corrected chi connectivity index (χ2v) is 8.22. The molecule has 1 N–H and O–H groups in total. The number of aryl methyl sites for hydroxylation is 1. The quantitative estimate of drug-likeness (QED) is 0.833. The third-order valence-electron chi connectivity index (χ3n) is 4.44. The summed E-state index contributed by atoms with van der Waals surface area (Å²) in [7, 11) is 1.64. The molecule has 0 amide bonds. The lowest BCUT2D eigenvalue weighted by Crippen LogP contribution is -2.25. The van der Waals surface area contributed by atoms with Crippen LogP contribution >= 0.6 is 11.3 Å². The van der Waals surface area contributed by atoms with E-state index < -0.39 is 0 Å². The monoisotopic (exact) mass is 357 g/mol. The van der Waals surface area contributed by atoms with E-state index >= 15 is 0 Å². The predicted molar refractivity (Wildman–Crippen MR) is 101 cm³/mol. The lowest BCUT2D eigenvalue weighted by Gasteiger charge is -2.29. The molecule has 132 valence electrons. The third kappa shape index (κ3) is 3.47. The Labute approximate surface area is 152 Å². The van der Waals surface area contributed by atoms with Gasteiger partial charge in [0.2, 0.25) is 0 Å². The summed E-state index contributed by atoms with van der Waals surface area (Å²) in [5.74, 6) is 0.943. The van der Waals surface area contributed by atoms with Crippen LogP contribution < -0.4 is 4.74 Å². The molecule has 1 aromatic carbocycles. The summed E-state index contributed by atoms with van der Waals surface area (Å²) in [4.78, 5) is 18.4. The van der Waals surface area contributed by atoms with Crippen molar-refractivity contribution >= 4 is 22.7 Å². The number of ether oxygens (including phenoxy) is 1. The number of ketones is 1. The van der Waals surface area contributed by atoms with Crippen molar-refractivity contribution in [3.8, 4) is 16.3 Å². The number of methoxy groups -OCH3 is 1. The first kappa shape index (κ1) is 17.7. The second-order valence-electron chi connectivity index (χ2n) is 7.14. The van der Waals surface area contributed by atoms with E-state index in [9.17, 15) is 9.90 Å². The van der Waals surface area contributed by atoms with Gasteiger partial charge in [-0.05, 0) is 36.1 Å². The molecule has 1 aliphatic carbocycles. The van der Waals surface area contributed by atoms with Crippen LogP contribution in [0.1, 0.15) is 44.2 Å². The molecule has 5 heteroatoms. The van der Waals surface area contributed by atoms with Crippen molar-refractivity contribution in [1.29, 1.82) is 0 Å². The molecule has 0 saturated carbocycles. The summed E-state index contributed by atoms with van der Waals surface area (Å²) in [5, 5.41) is 11.4. The minimum Gasteiger partial charge on any atom is -0.511 e. The van der Waals surface area contributed by atoms with Crippen molar-refractivity contribution in [2.45, 2.75) is 40.0 Å². The summed E-state index contributed by atoms with van der Waals surface area (Å²) in [6, 6.07) is 7.71. The molecular formula is C20H23NO3S. The standard InChI is InChI=1S/C20H23NO3S/c1-5-16-18(17-14(22)10-20(2,3)11-15(17)23)21-19(25-16)12-6-8-13(24-4)9-7-12/h6-9,22H,5,10-11H2,1-4H3. The molecule has 25 heavy (non-hydrogen) atoms. The average Bonchev–Trinajstić information content (AvgIpc) is 2.97. The van der Waals surface area contributed by atoms with E-state index in [0.717, 1.165) is 27.6 Å². The van der Waals surface area contributed by atoms with Crippen molar-refractivity contribution < 1.29 is 14.6 Å². The van der Waals surface area contributed by atoms with Gasteiger partial charge in [-0.25, -0.2) is 4.98 Å². The normalized spacial score (nSPS) is 17.0. The molecule has 0 radical (unpaired) electrons. The van der Waals surface area contributed by atoms with Gasteiger partial charge >= 0.3 is 0 Å². The number of aliphatic hydroxyl groups excluding tert-OH is 1. The Morgan fingerprint density at radius 1 is 1.24 bits per heavy atom. The van der Waals surface area contributed by atoms with E-state index in [1.165, 1.54) is 0 Å². The van der Waals surface area contributed by atoms with E-state index in [1.807, 2.05) is 45.0 Å². The fourth-order valence-corrected chi connectivity index (χ4v) is 4.21. The molecule has 2 aromatic rings. The van der Waals surface area contributed by atoms with Gasteiger partial charge in [0.15, 0.2) is 5.78 Å². The number of hydrogen-bond acceptors (Lipinski definition) is 5. The second kappa shape index (κ2) is 6.64.